The maximum absolute atomic E-state index is 11.6. The molecule has 5 heteroatoms. The first-order valence-corrected chi connectivity index (χ1v) is 7.19. The molecule has 1 aromatic heterocycles. The first-order valence-electron chi connectivity index (χ1n) is 7.19. The highest BCUT2D eigenvalue weighted by molar-refractivity contribution is 6.07. The quantitative estimate of drug-likeness (QED) is 0.859. The molecule has 2 heterocycles. The molecule has 21 heavy (non-hydrogen) atoms. The average Bonchev–Trinajstić information content (AvgIpc) is 2.90. The lowest BCUT2D eigenvalue weighted by Gasteiger charge is -2.35. The highest BCUT2D eigenvalue weighted by Gasteiger charge is 2.19. The SMILES string of the molecule is CC(=O)c1c[nH]c2ccc(N3CCN(C(C)=O)CC3)cc12. The van der Waals surface area contributed by atoms with Crippen LogP contribution in [0.1, 0.15) is 24.2 Å². The fourth-order valence-corrected chi connectivity index (χ4v) is 2.88. The third-order valence-corrected chi connectivity index (χ3v) is 4.13. The minimum atomic E-state index is 0.0693. The van der Waals surface area contributed by atoms with Gasteiger partial charge in [0.05, 0.1) is 0 Å². The van der Waals surface area contributed by atoms with Gasteiger partial charge in [-0.25, -0.2) is 0 Å². The first kappa shape index (κ1) is 13.7. The van der Waals surface area contributed by atoms with Crippen LogP contribution in [0.5, 0.6) is 0 Å². The molecule has 1 saturated heterocycles. The van der Waals surface area contributed by atoms with Gasteiger partial charge in [0.15, 0.2) is 5.78 Å². The summed E-state index contributed by atoms with van der Waals surface area (Å²) >= 11 is 0. The standard InChI is InChI=1S/C16H19N3O2/c1-11(20)15-10-17-16-4-3-13(9-14(15)16)19-7-5-18(6-8-19)12(2)21/h3-4,9-10,17H,5-8H2,1-2H3. The predicted molar refractivity (Wildman–Crippen MR) is 82.8 cm³/mol. The number of nitrogens with one attached hydrogen (secondary N) is 1. The van der Waals surface area contributed by atoms with Crippen molar-refractivity contribution in [1.29, 1.82) is 0 Å². The van der Waals surface area contributed by atoms with Crippen molar-refractivity contribution in [2.45, 2.75) is 13.8 Å². The molecule has 3 rings (SSSR count). The Morgan fingerprint density at radius 2 is 1.81 bits per heavy atom. The normalized spacial score (nSPS) is 15.5. The van der Waals surface area contributed by atoms with Crippen LogP contribution in [-0.4, -0.2) is 47.8 Å². The van der Waals surface area contributed by atoms with E-state index in [9.17, 15) is 9.59 Å². The van der Waals surface area contributed by atoms with Crippen molar-refractivity contribution in [3.05, 3.63) is 30.0 Å². The topological polar surface area (TPSA) is 56.4 Å². The minimum absolute atomic E-state index is 0.0693. The Balaban J connectivity index is 1.86. The van der Waals surface area contributed by atoms with Crippen LogP contribution in [0.3, 0.4) is 0 Å². The van der Waals surface area contributed by atoms with Gasteiger partial charge in [-0.2, -0.15) is 0 Å². The molecular formula is C16H19N3O2. The number of rotatable bonds is 2. The van der Waals surface area contributed by atoms with Crippen molar-refractivity contribution < 1.29 is 9.59 Å². The number of ketones is 1. The number of hydrogen-bond acceptors (Lipinski definition) is 3. The molecule has 0 bridgehead atoms. The predicted octanol–water partition coefficient (Wildman–Crippen LogP) is 2.04. The summed E-state index contributed by atoms with van der Waals surface area (Å²) in [5.41, 5.74) is 2.81. The lowest BCUT2D eigenvalue weighted by molar-refractivity contribution is -0.129. The van der Waals surface area contributed by atoms with E-state index in [0.29, 0.717) is 0 Å². The second kappa shape index (κ2) is 5.24. The van der Waals surface area contributed by atoms with Gasteiger partial charge < -0.3 is 14.8 Å². The third kappa shape index (κ3) is 2.51. The van der Waals surface area contributed by atoms with Crippen LogP contribution in [0.15, 0.2) is 24.4 Å². The lowest BCUT2D eigenvalue weighted by atomic mass is 10.1. The molecule has 2 aromatic rings. The molecule has 0 spiro atoms. The van der Waals surface area contributed by atoms with Crippen molar-refractivity contribution >= 4 is 28.3 Å². The van der Waals surface area contributed by atoms with Crippen LogP contribution in [0.4, 0.5) is 5.69 Å². The van der Waals surface area contributed by atoms with E-state index in [2.05, 4.69) is 22.0 Å². The number of fused-ring (bicyclic) bond motifs is 1. The summed E-state index contributed by atoms with van der Waals surface area (Å²) in [6, 6.07) is 6.13. The number of aromatic amines is 1. The van der Waals surface area contributed by atoms with E-state index in [1.54, 1.807) is 20.0 Å². The van der Waals surface area contributed by atoms with E-state index in [-0.39, 0.29) is 11.7 Å². The third-order valence-electron chi connectivity index (χ3n) is 4.13. The van der Waals surface area contributed by atoms with Crippen LogP contribution in [0.2, 0.25) is 0 Å². The molecule has 1 aliphatic rings. The number of carbonyl (C=O) groups is 2. The number of benzene rings is 1. The maximum Gasteiger partial charge on any atom is 0.219 e. The van der Waals surface area contributed by atoms with E-state index in [0.717, 1.165) is 48.3 Å². The Morgan fingerprint density at radius 1 is 1.10 bits per heavy atom. The molecular weight excluding hydrogens is 266 g/mol. The number of Topliss-reactive ketones (excluding diaryl/α,β-unsaturated/α-hetero) is 1. The number of piperazine rings is 1. The second-order valence-corrected chi connectivity index (χ2v) is 5.48. The smallest absolute Gasteiger partial charge is 0.219 e. The Hall–Kier alpha value is -2.30. The van der Waals surface area contributed by atoms with Gasteiger partial charge in [-0.1, -0.05) is 0 Å². The van der Waals surface area contributed by atoms with Gasteiger partial charge in [0.1, 0.15) is 0 Å². The van der Waals surface area contributed by atoms with Gasteiger partial charge in [0.25, 0.3) is 0 Å². The summed E-state index contributed by atoms with van der Waals surface area (Å²) in [5, 5.41) is 0.967. The fourth-order valence-electron chi connectivity index (χ4n) is 2.88. The Kier molecular flexibility index (Phi) is 3.41. The van der Waals surface area contributed by atoms with Crippen LogP contribution in [0, 0.1) is 0 Å². The highest BCUT2D eigenvalue weighted by Crippen LogP contribution is 2.25. The number of nitrogens with zero attached hydrogens (tertiary/aromatic N) is 2. The number of H-pyrrole nitrogens is 1. The Bertz CT molecular complexity index is 697. The number of aromatic nitrogens is 1. The van der Waals surface area contributed by atoms with E-state index in [1.165, 1.54) is 0 Å². The van der Waals surface area contributed by atoms with Crippen molar-refractivity contribution in [3.8, 4) is 0 Å². The molecule has 1 N–H and O–H groups in total. The van der Waals surface area contributed by atoms with Crippen LogP contribution < -0.4 is 4.90 Å². The zero-order valence-electron chi connectivity index (χ0n) is 12.3. The summed E-state index contributed by atoms with van der Waals surface area (Å²) in [6.45, 7) is 6.34. The Labute approximate surface area is 123 Å². The second-order valence-electron chi connectivity index (χ2n) is 5.48. The van der Waals surface area contributed by atoms with E-state index >= 15 is 0 Å². The highest BCUT2D eigenvalue weighted by atomic mass is 16.2. The zero-order chi connectivity index (χ0) is 15.0. The number of amides is 1. The van der Waals surface area contributed by atoms with E-state index in [1.807, 2.05) is 11.0 Å². The van der Waals surface area contributed by atoms with Gasteiger partial charge in [-0.3, -0.25) is 9.59 Å². The zero-order valence-corrected chi connectivity index (χ0v) is 12.3. The molecule has 5 nitrogen and oxygen atoms in total. The van der Waals surface area contributed by atoms with Crippen molar-refractivity contribution in [2.24, 2.45) is 0 Å². The largest absolute Gasteiger partial charge is 0.368 e. The first-order chi connectivity index (χ1) is 10.1. The summed E-state index contributed by atoms with van der Waals surface area (Å²) in [6.07, 6.45) is 1.77. The van der Waals surface area contributed by atoms with Crippen LogP contribution in [-0.2, 0) is 4.79 Å². The molecule has 0 aliphatic carbocycles. The van der Waals surface area contributed by atoms with Crippen molar-refractivity contribution in [2.75, 3.05) is 31.1 Å². The fraction of sp³-hybridized carbons (Fsp3) is 0.375. The van der Waals surface area contributed by atoms with Crippen molar-refractivity contribution in [1.82, 2.24) is 9.88 Å². The van der Waals surface area contributed by atoms with Gasteiger partial charge in [-0.15, -0.1) is 0 Å². The summed E-state index contributed by atoms with van der Waals surface area (Å²) < 4.78 is 0. The summed E-state index contributed by atoms with van der Waals surface area (Å²) in [7, 11) is 0. The molecule has 0 unspecified atom stereocenters. The summed E-state index contributed by atoms with van der Waals surface area (Å²) in [4.78, 5) is 30.3. The van der Waals surface area contributed by atoms with E-state index < -0.39 is 0 Å². The van der Waals surface area contributed by atoms with E-state index in [4.69, 9.17) is 0 Å². The Morgan fingerprint density at radius 3 is 2.43 bits per heavy atom. The minimum Gasteiger partial charge on any atom is -0.368 e. The monoisotopic (exact) mass is 285 g/mol. The maximum atomic E-state index is 11.6. The molecule has 0 saturated carbocycles. The average molecular weight is 285 g/mol. The molecule has 110 valence electrons. The molecule has 0 radical (unpaired) electrons. The van der Waals surface area contributed by atoms with Gasteiger partial charge in [0.2, 0.25) is 5.91 Å². The number of anilines is 1. The molecule has 1 aromatic carbocycles. The van der Waals surface area contributed by atoms with Gasteiger partial charge in [-0.05, 0) is 25.1 Å². The van der Waals surface area contributed by atoms with Crippen LogP contribution >= 0.6 is 0 Å². The molecule has 0 atom stereocenters. The summed E-state index contributed by atoms with van der Waals surface area (Å²) in [5.74, 6) is 0.203. The molecule has 1 aliphatic heterocycles. The van der Waals surface area contributed by atoms with Gasteiger partial charge >= 0.3 is 0 Å². The van der Waals surface area contributed by atoms with Crippen molar-refractivity contribution in [3.63, 3.8) is 0 Å². The van der Waals surface area contributed by atoms with Crippen LogP contribution in [0.25, 0.3) is 10.9 Å². The lowest BCUT2D eigenvalue weighted by Crippen LogP contribution is -2.48. The molecule has 1 amide bonds. The number of hydrogen-bond donors (Lipinski definition) is 1. The number of carbonyl (C=O) groups excluding carboxylic acids is 2. The molecule has 1 fully saturated rings. The van der Waals surface area contributed by atoms with Gasteiger partial charge in [0, 0.05) is 61.5 Å².